The Bertz CT molecular complexity index is 509. The minimum absolute atomic E-state index is 0.292. The Labute approximate surface area is 104 Å². The van der Waals surface area contributed by atoms with Gasteiger partial charge in [0.2, 0.25) is 5.91 Å². The third-order valence-corrected chi connectivity index (χ3v) is 3.42. The van der Waals surface area contributed by atoms with Gasteiger partial charge in [0.1, 0.15) is 0 Å². The van der Waals surface area contributed by atoms with E-state index in [9.17, 15) is 4.79 Å². The van der Waals surface area contributed by atoms with E-state index >= 15 is 0 Å². The Morgan fingerprint density at radius 3 is 2.76 bits per heavy atom. The molecule has 0 fully saturated rings. The lowest BCUT2D eigenvalue weighted by atomic mass is 10.3. The number of rotatable bonds is 4. The van der Waals surface area contributed by atoms with Crippen LogP contribution in [-0.4, -0.2) is 20.7 Å². The number of hydrogen-bond donors (Lipinski definition) is 1. The number of nitrogens with zero attached hydrogens (tertiary/aromatic N) is 2. The van der Waals surface area contributed by atoms with Crippen LogP contribution in [0.25, 0.3) is 5.69 Å². The van der Waals surface area contributed by atoms with E-state index in [4.69, 9.17) is 5.73 Å². The van der Waals surface area contributed by atoms with Gasteiger partial charge in [0, 0.05) is 18.1 Å². The summed E-state index contributed by atoms with van der Waals surface area (Å²) < 4.78 is 1.93. The summed E-state index contributed by atoms with van der Waals surface area (Å²) in [6, 6.07) is 9.85. The van der Waals surface area contributed by atoms with Crippen LogP contribution in [0.5, 0.6) is 0 Å². The van der Waals surface area contributed by atoms with Crippen LogP contribution in [0.3, 0.4) is 0 Å². The number of para-hydroxylation sites is 1. The number of benzene rings is 1. The topological polar surface area (TPSA) is 60.9 Å². The highest BCUT2D eigenvalue weighted by Gasteiger charge is 2.14. The second-order valence-electron chi connectivity index (χ2n) is 3.58. The zero-order valence-corrected chi connectivity index (χ0v) is 10.2. The van der Waals surface area contributed by atoms with Crippen molar-refractivity contribution >= 4 is 17.7 Å². The van der Waals surface area contributed by atoms with Crippen molar-refractivity contribution in [2.24, 2.45) is 5.73 Å². The molecule has 1 aromatic heterocycles. The smallest absolute Gasteiger partial charge is 0.230 e. The predicted molar refractivity (Wildman–Crippen MR) is 68.1 cm³/mol. The molecule has 0 aliphatic heterocycles. The van der Waals surface area contributed by atoms with E-state index in [0.29, 0.717) is 0 Å². The monoisotopic (exact) mass is 247 g/mol. The molecule has 1 heterocycles. The third-order valence-electron chi connectivity index (χ3n) is 2.32. The molecule has 1 amide bonds. The van der Waals surface area contributed by atoms with Crippen molar-refractivity contribution in [2.45, 2.75) is 17.3 Å². The second kappa shape index (κ2) is 5.05. The van der Waals surface area contributed by atoms with Crippen molar-refractivity contribution in [3.63, 3.8) is 0 Å². The summed E-state index contributed by atoms with van der Waals surface area (Å²) in [5.74, 6) is -0.336. The fourth-order valence-electron chi connectivity index (χ4n) is 1.38. The molecule has 0 radical (unpaired) electrons. The zero-order valence-electron chi connectivity index (χ0n) is 9.41. The Kier molecular flexibility index (Phi) is 3.49. The molecule has 0 bridgehead atoms. The molecular formula is C12H13N3OS. The molecule has 88 valence electrons. The van der Waals surface area contributed by atoms with Gasteiger partial charge < -0.3 is 5.73 Å². The first-order valence-corrected chi connectivity index (χ1v) is 6.11. The molecule has 2 N–H and O–H groups in total. The third kappa shape index (κ3) is 2.68. The average molecular weight is 247 g/mol. The van der Waals surface area contributed by atoms with Crippen molar-refractivity contribution in [1.29, 1.82) is 0 Å². The first-order valence-electron chi connectivity index (χ1n) is 5.23. The van der Waals surface area contributed by atoms with Gasteiger partial charge in [-0.25, -0.2) is 4.98 Å². The number of nitrogens with two attached hydrogens (primary N) is 1. The van der Waals surface area contributed by atoms with Gasteiger partial charge in [0.05, 0.1) is 5.25 Å². The first kappa shape index (κ1) is 11.7. The van der Waals surface area contributed by atoms with Crippen molar-refractivity contribution in [1.82, 2.24) is 9.55 Å². The SMILES string of the molecule is C[C@H](Sc1nccn1-c1ccccc1)C(N)=O. The van der Waals surface area contributed by atoms with Crippen molar-refractivity contribution in [2.75, 3.05) is 0 Å². The van der Waals surface area contributed by atoms with E-state index in [1.54, 1.807) is 13.1 Å². The van der Waals surface area contributed by atoms with Gasteiger partial charge in [-0.2, -0.15) is 0 Å². The van der Waals surface area contributed by atoms with Crippen LogP contribution < -0.4 is 5.73 Å². The number of carbonyl (C=O) groups is 1. The standard InChI is InChI=1S/C12H13N3OS/c1-9(11(13)16)17-12-14-7-8-15(12)10-5-3-2-4-6-10/h2-9H,1H3,(H2,13,16)/t9-/m0/s1. The van der Waals surface area contributed by atoms with Gasteiger partial charge in [-0.1, -0.05) is 30.0 Å². The number of primary amides is 1. The summed E-state index contributed by atoms with van der Waals surface area (Å²) in [7, 11) is 0. The zero-order chi connectivity index (χ0) is 12.3. The number of aromatic nitrogens is 2. The van der Waals surface area contributed by atoms with Crippen molar-refractivity contribution < 1.29 is 4.79 Å². The lowest BCUT2D eigenvalue weighted by molar-refractivity contribution is -0.117. The number of amides is 1. The van der Waals surface area contributed by atoms with Gasteiger partial charge in [-0.15, -0.1) is 0 Å². The minimum Gasteiger partial charge on any atom is -0.369 e. The number of hydrogen-bond acceptors (Lipinski definition) is 3. The molecule has 2 aromatic rings. The molecule has 0 saturated heterocycles. The van der Waals surface area contributed by atoms with E-state index < -0.39 is 0 Å². The van der Waals surface area contributed by atoms with Gasteiger partial charge in [0.25, 0.3) is 0 Å². The van der Waals surface area contributed by atoms with Gasteiger partial charge >= 0.3 is 0 Å². The summed E-state index contributed by atoms with van der Waals surface area (Å²) >= 11 is 1.36. The summed E-state index contributed by atoms with van der Waals surface area (Å²) in [4.78, 5) is 15.3. The largest absolute Gasteiger partial charge is 0.369 e. The molecule has 0 saturated carbocycles. The highest BCUT2D eigenvalue weighted by atomic mass is 32.2. The molecule has 0 aliphatic rings. The van der Waals surface area contributed by atoms with Gasteiger partial charge in [-0.3, -0.25) is 9.36 Å². The molecule has 0 unspecified atom stereocenters. The molecule has 2 rings (SSSR count). The van der Waals surface area contributed by atoms with Crippen molar-refractivity contribution in [3.8, 4) is 5.69 Å². The average Bonchev–Trinajstić information content (AvgIpc) is 2.78. The fraction of sp³-hybridized carbons (Fsp3) is 0.167. The van der Waals surface area contributed by atoms with Gasteiger partial charge in [0.15, 0.2) is 5.16 Å². The van der Waals surface area contributed by atoms with Crippen LogP contribution in [0.1, 0.15) is 6.92 Å². The normalized spacial score (nSPS) is 12.3. The van der Waals surface area contributed by atoms with E-state index in [1.807, 2.05) is 41.1 Å². The minimum atomic E-state index is -0.336. The van der Waals surface area contributed by atoms with E-state index in [2.05, 4.69) is 4.98 Å². The van der Waals surface area contributed by atoms with Gasteiger partial charge in [-0.05, 0) is 19.1 Å². The fourth-order valence-corrected chi connectivity index (χ4v) is 2.21. The molecule has 0 spiro atoms. The Morgan fingerprint density at radius 2 is 2.12 bits per heavy atom. The predicted octanol–water partition coefficient (Wildman–Crippen LogP) is 1.84. The molecule has 1 aromatic carbocycles. The van der Waals surface area contributed by atoms with E-state index in [0.717, 1.165) is 10.8 Å². The molecular weight excluding hydrogens is 234 g/mol. The molecule has 1 atom stereocenters. The van der Waals surface area contributed by atoms with Crippen LogP contribution in [0.2, 0.25) is 0 Å². The highest BCUT2D eigenvalue weighted by Crippen LogP contribution is 2.23. The Hall–Kier alpha value is -1.75. The van der Waals surface area contributed by atoms with E-state index in [-0.39, 0.29) is 11.2 Å². The van der Waals surface area contributed by atoms with Crippen LogP contribution in [0.4, 0.5) is 0 Å². The number of imidazole rings is 1. The maximum absolute atomic E-state index is 11.0. The Morgan fingerprint density at radius 1 is 1.41 bits per heavy atom. The maximum atomic E-state index is 11.0. The number of thioether (sulfide) groups is 1. The van der Waals surface area contributed by atoms with Crippen molar-refractivity contribution in [3.05, 3.63) is 42.7 Å². The molecule has 5 heteroatoms. The molecule has 0 aliphatic carbocycles. The lowest BCUT2D eigenvalue weighted by Gasteiger charge is -2.09. The Balaban J connectivity index is 2.26. The maximum Gasteiger partial charge on any atom is 0.230 e. The summed E-state index contributed by atoms with van der Waals surface area (Å²) in [6.07, 6.45) is 3.58. The summed E-state index contributed by atoms with van der Waals surface area (Å²) in [5, 5.41) is 0.474. The number of carbonyl (C=O) groups excluding carboxylic acids is 1. The molecule has 4 nitrogen and oxygen atoms in total. The quantitative estimate of drug-likeness (QED) is 0.839. The summed E-state index contributed by atoms with van der Waals surface area (Å²) in [6.45, 7) is 1.77. The van der Waals surface area contributed by atoms with Crippen LogP contribution in [-0.2, 0) is 4.79 Å². The van der Waals surface area contributed by atoms with Crippen LogP contribution in [0.15, 0.2) is 47.9 Å². The lowest BCUT2D eigenvalue weighted by Crippen LogP contribution is -2.22. The van der Waals surface area contributed by atoms with Crippen LogP contribution >= 0.6 is 11.8 Å². The summed E-state index contributed by atoms with van der Waals surface area (Å²) in [5.41, 5.74) is 6.26. The molecule has 17 heavy (non-hydrogen) atoms. The second-order valence-corrected chi connectivity index (χ2v) is 4.89. The van der Waals surface area contributed by atoms with Crippen LogP contribution in [0, 0.1) is 0 Å². The van der Waals surface area contributed by atoms with E-state index in [1.165, 1.54) is 11.8 Å². The first-order chi connectivity index (χ1) is 8.18. The highest BCUT2D eigenvalue weighted by molar-refractivity contribution is 8.00.